The summed E-state index contributed by atoms with van der Waals surface area (Å²) in [5, 5.41) is 6.62. The molecule has 14 rings (SSSR count). The number of furan rings is 2. The van der Waals surface area contributed by atoms with Crippen molar-refractivity contribution in [1.82, 2.24) is 9.97 Å². The van der Waals surface area contributed by atoms with E-state index < -0.39 is 16.1 Å². The van der Waals surface area contributed by atoms with E-state index in [4.69, 9.17) is 32.4 Å². The van der Waals surface area contributed by atoms with Crippen molar-refractivity contribution in [3.8, 4) is 56.7 Å². The number of aromatic nitrogens is 2. The molecular formula is C58H40N2O5Si2. The fourth-order valence-electron chi connectivity index (χ4n) is 10.5. The summed E-state index contributed by atoms with van der Waals surface area (Å²) in [5.41, 5.74) is 18.9. The van der Waals surface area contributed by atoms with Crippen LogP contribution in [0.2, 0.25) is 26.2 Å². The third kappa shape index (κ3) is 5.88. The highest BCUT2D eigenvalue weighted by molar-refractivity contribution is 6.96. The Labute approximate surface area is 386 Å². The minimum Gasteiger partial charge on any atom is -0.457 e. The van der Waals surface area contributed by atoms with Gasteiger partial charge in [0.1, 0.15) is 61.0 Å². The maximum Gasteiger partial charge on any atom is 0.228 e. The van der Waals surface area contributed by atoms with E-state index in [1.165, 1.54) is 21.5 Å². The average Bonchev–Trinajstić information content (AvgIpc) is 4.20. The number of oxazole rings is 2. The molecule has 7 nitrogen and oxygen atoms in total. The first-order chi connectivity index (χ1) is 32.6. The molecule has 0 atom stereocenters. The van der Waals surface area contributed by atoms with E-state index in [0.717, 1.165) is 88.3 Å². The summed E-state index contributed by atoms with van der Waals surface area (Å²) in [6.45, 7) is 9.54. The monoisotopic (exact) mass is 900 g/mol. The lowest BCUT2D eigenvalue weighted by Gasteiger charge is -2.15. The summed E-state index contributed by atoms with van der Waals surface area (Å²) in [4.78, 5) is 10.3. The molecule has 0 bridgehead atoms. The molecular weight excluding hydrogens is 861 g/mol. The SMILES string of the molecule is C[Si]1(C)C=Cc2cc(-c3cccc4nc(-c5cc(Oc6cc(-c7nc8cccc(-c9ccc%10c(c9)C=C[Si]%10(C)C)c8o7)c7c(c6)oc6ccccc67)cc6oc7ccccc7c56)oc34)ccc21. The van der Waals surface area contributed by atoms with Crippen molar-refractivity contribution in [2.45, 2.75) is 26.2 Å². The average molecular weight is 901 g/mol. The summed E-state index contributed by atoms with van der Waals surface area (Å²) in [5.74, 6) is 2.03. The molecule has 0 fully saturated rings. The summed E-state index contributed by atoms with van der Waals surface area (Å²) in [7, 11) is -3.15. The Bertz CT molecular complexity index is 3890. The fourth-order valence-corrected chi connectivity index (χ4v) is 14.9. The molecule has 0 radical (unpaired) electrons. The van der Waals surface area contributed by atoms with Gasteiger partial charge in [0.05, 0.1) is 11.1 Å². The normalized spacial score (nSPS) is 14.7. The van der Waals surface area contributed by atoms with Crippen molar-refractivity contribution in [2.24, 2.45) is 0 Å². The topological polar surface area (TPSA) is 87.6 Å². The van der Waals surface area contributed by atoms with Gasteiger partial charge in [-0.3, -0.25) is 0 Å². The number of para-hydroxylation sites is 4. The van der Waals surface area contributed by atoms with Gasteiger partial charge in [0, 0.05) is 44.8 Å². The van der Waals surface area contributed by atoms with Crippen molar-refractivity contribution >= 4 is 105 Å². The third-order valence-corrected chi connectivity index (χ3v) is 19.6. The Morgan fingerprint density at radius 2 is 0.881 bits per heavy atom. The van der Waals surface area contributed by atoms with Gasteiger partial charge in [0.2, 0.25) is 11.8 Å². The largest absolute Gasteiger partial charge is 0.457 e. The van der Waals surface area contributed by atoms with Crippen LogP contribution in [0.5, 0.6) is 11.5 Å². The molecule has 8 aromatic carbocycles. The molecule has 6 heterocycles. The van der Waals surface area contributed by atoms with E-state index >= 15 is 0 Å². The van der Waals surface area contributed by atoms with Crippen LogP contribution in [-0.2, 0) is 0 Å². The second kappa shape index (κ2) is 13.8. The first-order valence-electron chi connectivity index (χ1n) is 22.7. The molecule has 2 aliphatic heterocycles. The summed E-state index contributed by atoms with van der Waals surface area (Å²) < 4.78 is 33.7. The highest BCUT2D eigenvalue weighted by Gasteiger charge is 2.30. The smallest absolute Gasteiger partial charge is 0.228 e. The maximum atomic E-state index is 6.90. The second-order valence-electron chi connectivity index (χ2n) is 19.0. The predicted octanol–water partition coefficient (Wildman–Crippen LogP) is 15.2. The van der Waals surface area contributed by atoms with Crippen LogP contribution in [0.3, 0.4) is 0 Å². The van der Waals surface area contributed by atoms with E-state index in [-0.39, 0.29) is 0 Å². The number of nitrogens with zero attached hydrogens (tertiary/aromatic N) is 2. The molecule has 0 unspecified atom stereocenters. The molecule has 4 aromatic heterocycles. The van der Waals surface area contributed by atoms with Crippen molar-refractivity contribution in [1.29, 1.82) is 0 Å². The fraction of sp³-hybridized carbons (Fsp3) is 0.0690. The van der Waals surface area contributed by atoms with Gasteiger partial charge in [0.15, 0.2) is 11.2 Å². The summed E-state index contributed by atoms with van der Waals surface area (Å²) in [6.07, 6.45) is 4.55. The molecule has 0 saturated heterocycles. The molecule has 0 spiro atoms. The Morgan fingerprint density at radius 1 is 0.418 bits per heavy atom. The molecule has 2 aliphatic rings. The first kappa shape index (κ1) is 38.3. The van der Waals surface area contributed by atoms with E-state index in [1.54, 1.807) is 0 Å². The highest BCUT2D eigenvalue weighted by Crippen LogP contribution is 2.45. The van der Waals surface area contributed by atoms with Crippen LogP contribution < -0.4 is 15.1 Å². The van der Waals surface area contributed by atoms with Crippen molar-refractivity contribution < 1.29 is 22.4 Å². The zero-order valence-electron chi connectivity index (χ0n) is 37.1. The summed E-state index contributed by atoms with van der Waals surface area (Å²) in [6, 6.07) is 49.8. The third-order valence-electron chi connectivity index (χ3n) is 13.9. The Hall–Kier alpha value is -7.99. The quantitative estimate of drug-likeness (QED) is 0.154. The lowest BCUT2D eigenvalue weighted by atomic mass is 10.0. The van der Waals surface area contributed by atoms with E-state index in [1.807, 2.05) is 84.9 Å². The van der Waals surface area contributed by atoms with E-state index in [2.05, 4.69) is 110 Å². The van der Waals surface area contributed by atoms with Crippen molar-refractivity contribution in [3.05, 3.63) is 168 Å². The molecule has 67 heavy (non-hydrogen) atoms. The molecule has 0 aliphatic carbocycles. The molecule has 0 saturated carbocycles. The minimum atomic E-state index is -1.57. The Balaban J connectivity index is 0.910. The number of ether oxygens (including phenoxy) is 1. The van der Waals surface area contributed by atoms with E-state index in [0.29, 0.717) is 34.4 Å². The first-order valence-corrected chi connectivity index (χ1v) is 28.8. The van der Waals surface area contributed by atoms with E-state index in [9.17, 15) is 0 Å². The standard InChI is InChI=1S/C58H40N2O5Si2/c1-66(2)25-23-35-27-33(19-21-51(35)66)39-13-9-15-45-55(39)64-57(59-45)43-29-37(31-49-53(43)41-11-5-7-17-47(41)62-49)61-38-30-44(54-42-12-6-8-18-48(42)63-50(54)32-38)58-60-46-16-10-14-40(56(46)65-58)34-20-22-52-36(28-34)24-26-67(52,3)4/h5-32H,1-4H3. The molecule has 0 amide bonds. The van der Waals surface area contributed by atoms with Crippen molar-refractivity contribution in [2.75, 3.05) is 0 Å². The lowest BCUT2D eigenvalue weighted by Crippen LogP contribution is -2.37. The van der Waals surface area contributed by atoms with Crippen LogP contribution in [0.1, 0.15) is 11.1 Å². The number of benzene rings is 8. The van der Waals surface area contributed by atoms with Gasteiger partial charge < -0.3 is 22.4 Å². The number of hydrogen-bond acceptors (Lipinski definition) is 7. The number of fused-ring (bicyclic) bond motifs is 10. The Morgan fingerprint density at radius 3 is 1.36 bits per heavy atom. The van der Waals surface area contributed by atoms with Crippen LogP contribution in [0.25, 0.3) is 123 Å². The summed E-state index contributed by atoms with van der Waals surface area (Å²) >= 11 is 0. The minimum absolute atomic E-state index is 0.472. The van der Waals surface area contributed by atoms with Gasteiger partial charge in [0.25, 0.3) is 0 Å². The van der Waals surface area contributed by atoms with Crippen LogP contribution in [0, 0.1) is 0 Å². The number of hydrogen-bond donors (Lipinski definition) is 0. The van der Waals surface area contributed by atoms with Crippen LogP contribution >= 0.6 is 0 Å². The van der Waals surface area contributed by atoms with Gasteiger partial charge in [-0.15, -0.1) is 0 Å². The van der Waals surface area contributed by atoms with Crippen LogP contribution in [0.15, 0.2) is 175 Å². The molecule has 12 aromatic rings. The number of rotatable bonds is 6. The second-order valence-corrected chi connectivity index (χ2v) is 27.7. The zero-order chi connectivity index (χ0) is 44.8. The van der Waals surface area contributed by atoms with Gasteiger partial charge in [-0.1, -0.05) is 135 Å². The van der Waals surface area contributed by atoms with Gasteiger partial charge in [-0.05, 0) is 81.2 Å². The molecule has 320 valence electrons. The van der Waals surface area contributed by atoms with Crippen molar-refractivity contribution in [3.63, 3.8) is 0 Å². The molecule has 0 N–H and O–H groups in total. The zero-order valence-corrected chi connectivity index (χ0v) is 39.1. The van der Waals surface area contributed by atoms with Gasteiger partial charge in [-0.2, -0.15) is 0 Å². The predicted molar refractivity (Wildman–Crippen MR) is 277 cm³/mol. The van der Waals surface area contributed by atoms with Crippen LogP contribution in [-0.4, -0.2) is 26.1 Å². The highest BCUT2D eigenvalue weighted by atomic mass is 28.3. The maximum absolute atomic E-state index is 6.90. The van der Waals surface area contributed by atoms with Crippen LogP contribution in [0.4, 0.5) is 0 Å². The lowest BCUT2D eigenvalue weighted by molar-refractivity contribution is 0.481. The Kier molecular flexibility index (Phi) is 7.87. The van der Waals surface area contributed by atoms with Gasteiger partial charge in [-0.25, -0.2) is 9.97 Å². The van der Waals surface area contributed by atoms with Gasteiger partial charge >= 0.3 is 0 Å². The molecule has 9 heteroatoms.